The number of H-pyrrole nitrogens is 2. The summed E-state index contributed by atoms with van der Waals surface area (Å²) in [6.07, 6.45) is 4.07. The summed E-state index contributed by atoms with van der Waals surface area (Å²) in [5, 5.41) is 4.79. The molecule has 2 bridgehead atoms. The summed E-state index contributed by atoms with van der Waals surface area (Å²) in [6, 6.07) is 18.2. The highest BCUT2D eigenvalue weighted by molar-refractivity contribution is 6.01. The van der Waals surface area contributed by atoms with E-state index in [1.165, 1.54) is 12.8 Å². The van der Waals surface area contributed by atoms with Crippen molar-refractivity contribution < 1.29 is 4.74 Å². The van der Waals surface area contributed by atoms with E-state index in [4.69, 9.17) is 9.72 Å². The maximum absolute atomic E-state index is 13.6. The Hall–Kier alpha value is -4.17. The van der Waals surface area contributed by atoms with Gasteiger partial charge in [0.2, 0.25) is 0 Å². The minimum absolute atomic E-state index is 0.180. The molecule has 0 saturated carbocycles. The average Bonchev–Trinajstić information content (AvgIpc) is 3.37. The van der Waals surface area contributed by atoms with Crippen LogP contribution in [0, 0.1) is 5.92 Å². The van der Waals surface area contributed by atoms with Gasteiger partial charge in [0.05, 0.1) is 18.3 Å². The van der Waals surface area contributed by atoms with Gasteiger partial charge in [0, 0.05) is 29.7 Å². The summed E-state index contributed by atoms with van der Waals surface area (Å²) in [4.78, 5) is 31.6. The van der Waals surface area contributed by atoms with Crippen molar-refractivity contribution in [3.63, 3.8) is 0 Å². The van der Waals surface area contributed by atoms with Crippen LogP contribution in [0.3, 0.4) is 0 Å². The summed E-state index contributed by atoms with van der Waals surface area (Å²) in [5.41, 5.74) is 5.34. The molecule has 3 aromatic heterocycles. The van der Waals surface area contributed by atoms with Crippen LogP contribution in [0.25, 0.3) is 44.6 Å². The van der Waals surface area contributed by atoms with E-state index in [2.05, 4.69) is 37.3 Å². The highest BCUT2D eigenvalue weighted by Gasteiger charge is 2.35. The fourth-order valence-corrected chi connectivity index (χ4v) is 6.00. The third kappa shape index (κ3) is 3.76. The number of rotatable bonds is 5. The largest absolute Gasteiger partial charge is 0.496 e. The molecule has 0 unspecified atom stereocenters. The third-order valence-electron chi connectivity index (χ3n) is 7.91. The van der Waals surface area contributed by atoms with Gasteiger partial charge in [0.25, 0.3) is 5.56 Å². The Morgan fingerprint density at radius 3 is 2.70 bits per heavy atom. The zero-order valence-corrected chi connectivity index (χ0v) is 20.6. The molecule has 0 spiro atoms. The molecular formula is C29H28N6O2. The lowest BCUT2D eigenvalue weighted by Gasteiger charge is -2.45. The molecule has 8 nitrogen and oxygen atoms in total. The zero-order chi connectivity index (χ0) is 24.9. The van der Waals surface area contributed by atoms with Gasteiger partial charge in [-0.3, -0.25) is 4.79 Å². The van der Waals surface area contributed by atoms with Crippen LogP contribution in [0.1, 0.15) is 12.8 Å². The maximum Gasteiger partial charge on any atom is 0.261 e. The number of ether oxygens (including phenoxy) is 1. The molecule has 37 heavy (non-hydrogen) atoms. The van der Waals surface area contributed by atoms with Crippen LogP contribution in [0.15, 0.2) is 65.6 Å². The zero-order valence-electron chi connectivity index (χ0n) is 20.6. The number of para-hydroxylation sites is 1. The number of aromatic nitrogens is 4. The van der Waals surface area contributed by atoms with Crippen molar-refractivity contribution in [1.29, 1.82) is 0 Å². The van der Waals surface area contributed by atoms with Crippen LogP contribution in [0.5, 0.6) is 5.75 Å². The number of imidazole rings is 1. The Labute approximate surface area is 213 Å². The average molecular weight is 493 g/mol. The molecule has 3 fully saturated rings. The van der Waals surface area contributed by atoms with Crippen LogP contribution in [0.2, 0.25) is 0 Å². The lowest BCUT2D eigenvalue weighted by atomic mass is 9.83. The van der Waals surface area contributed by atoms with Gasteiger partial charge in [0.15, 0.2) is 5.65 Å². The van der Waals surface area contributed by atoms with Crippen LogP contribution >= 0.6 is 0 Å². The predicted molar refractivity (Wildman–Crippen MR) is 146 cm³/mol. The molecule has 0 radical (unpaired) electrons. The van der Waals surface area contributed by atoms with Gasteiger partial charge in [-0.1, -0.05) is 24.3 Å². The predicted octanol–water partition coefficient (Wildman–Crippen LogP) is 4.65. The van der Waals surface area contributed by atoms with Gasteiger partial charge < -0.3 is 24.9 Å². The summed E-state index contributed by atoms with van der Waals surface area (Å²) in [7, 11) is 1.69. The van der Waals surface area contributed by atoms with Crippen LogP contribution < -0.4 is 15.6 Å². The topological polar surface area (TPSA) is 98.9 Å². The number of anilines is 1. The number of nitrogens with one attached hydrogen (secondary N) is 3. The number of aromatic amines is 2. The minimum Gasteiger partial charge on any atom is -0.496 e. The fraction of sp³-hybridized carbons (Fsp3) is 0.276. The number of piperidine rings is 3. The second-order valence-corrected chi connectivity index (χ2v) is 10.0. The standard InChI is InChI=1S/C29H28N6O2/c1-37-24-7-3-2-5-19(24)18-8-9-21-20(15-18)26(31-23-16-35-13-10-17(23)11-14-35)25(29(36)33-21)28-32-22-6-4-12-30-27(22)34-28/h2-9,12,15,17,23H,10-11,13-14,16H2,1H3,(H,30,32,34)(H2,31,33,36)/t23-/m0/s1. The fourth-order valence-electron chi connectivity index (χ4n) is 6.00. The number of benzene rings is 2. The van der Waals surface area contributed by atoms with Crippen LogP contribution in [-0.2, 0) is 0 Å². The number of hydrogen-bond acceptors (Lipinski definition) is 6. The van der Waals surface area contributed by atoms with E-state index >= 15 is 0 Å². The van der Waals surface area contributed by atoms with Gasteiger partial charge >= 0.3 is 0 Å². The Bertz CT molecular complexity index is 1650. The van der Waals surface area contributed by atoms with Gasteiger partial charge in [-0.15, -0.1) is 0 Å². The quantitative estimate of drug-likeness (QED) is 0.330. The van der Waals surface area contributed by atoms with E-state index in [-0.39, 0.29) is 11.6 Å². The minimum atomic E-state index is -0.180. The normalized spacial score (nSPS) is 20.9. The summed E-state index contributed by atoms with van der Waals surface area (Å²) >= 11 is 0. The van der Waals surface area contributed by atoms with E-state index in [1.54, 1.807) is 13.3 Å². The highest BCUT2D eigenvalue weighted by atomic mass is 16.5. The van der Waals surface area contributed by atoms with Crippen molar-refractivity contribution in [2.45, 2.75) is 18.9 Å². The molecule has 6 heterocycles. The second-order valence-electron chi connectivity index (χ2n) is 10.0. The summed E-state index contributed by atoms with van der Waals surface area (Å²) < 4.78 is 5.64. The number of pyridine rings is 2. The number of methoxy groups -OCH3 is 1. The highest BCUT2D eigenvalue weighted by Crippen LogP contribution is 2.38. The van der Waals surface area contributed by atoms with Crippen molar-refractivity contribution >= 4 is 27.8 Å². The van der Waals surface area contributed by atoms with E-state index in [0.29, 0.717) is 23.0 Å². The molecule has 3 N–H and O–H groups in total. The van der Waals surface area contributed by atoms with E-state index < -0.39 is 0 Å². The first kappa shape index (κ1) is 22.1. The van der Waals surface area contributed by atoms with Crippen molar-refractivity contribution in [2.75, 3.05) is 32.1 Å². The van der Waals surface area contributed by atoms with Gasteiger partial charge in [-0.05, 0) is 67.7 Å². The van der Waals surface area contributed by atoms with E-state index in [9.17, 15) is 4.79 Å². The number of fused-ring (bicyclic) bond motifs is 5. The molecule has 5 aromatic rings. The molecule has 1 atom stereocenters. The Morgan fingerprint density at radius 1 is 1.05 bits per heavy atom. The molecular weight excluding hydrogens is 464 g/mol. The molecule has 8 rings (SSSR count). The maximum atomic E-state index is 13.6. The Morgan fingerprint density at radius 2 is 1.92 bits per heavy atom. The van der Waals surface area contributed by atoms with Crippen molar-refractivity contribution in [1.82, 2.24) is 24.8 Å². The molecule has 3 saturated heterocycles. The number of hydrogen-bond donors (Lipinski definition) is 3. The third-order valence-corrected chi connectivity index (χ3v) is 7.91. The van der Waals surface area contributed by atoms with Crippen molar-refractivity contribution in [3.05, 3.63) is 71.1 Å². The SMILES string of the molecule is COc1ccccc1-c1ccc2[nH]c(=O)c(-c3nc4cccnc4[nH]3)c(N[C@H]3CN4CCC3CC4)c2c1. The second kappa shape index (κ2) is 8.74. The summed E-state index contributed by atoms with van der Waals surface area (Å²) in [5.74, 6) is 1.91. The molecule has 8 heteroatoms. The summed E-state index contributed by atoms with van der Waals surface area (Å²) in [6.45, 7) is 3.28. The first-order valence-electron chi connectivity index (χ1n) is 12.8. The van der Waals surface area contributed by atoms with Gasteiger partial charge in [0.1, 0.15) is 22.7 Å². The molecule has 3 aliphatic rings. The molecule has 0 aliphatic carbocycles. The van der Waals surface area contributed by atoms with E-state index in [1.807, 2.05) is 42.5 Å². The van der Waals surface area contributed by atoms with Crippen molar-refractivity contribution in [3.8, 4) is 28.3 Å². The first-order chi connectivity index (χ1) is 18.2. The van der Waals surface area contributed by atoms with Crippen LogP contribution in [-0.4, -0.2) is 57.6 Å². The Kier molecular flexibility index (Phi) is 5.21. The number of nitrogens with zero attached hydrogens (tertiary/aromatic N) is 3. The van der Waals surface area contributed by atoms with Gasteiger partial charge in [-0.2, -0.15) is 0 Å². The molecule has 186 valence electrons. The van der Waals surface area contributed by atoms with E-state index in [0.717, 1.165) is 58.6 Å². The monoisotopic (exact) mass is 492 g/mol. The van der Waals surface area contributed by atoms with Crippen LogP contribution in [0.4, 0.5) is 5.69 Å². The smallest absolute Gasteiger partial charge is 0.261 e. The lowest BCUT2D eigenvalue weighted by molar-refractivity contribution is 0.0976. The van der Waals surface area contributed by atoms with Crippen molar-refractivity contribution in [2.24, 2.45) is 5.92 Å². The molecule has 3 aliphatic heterocycles. The first-order valence-corrected chi connectivity index (χ1v) is 12.8. The van der Waals surface area contributed by atoms with Gasteiger partial charge in [-0.25, -0.2) is 9.97 Å². The molecule has 2 aromatic carbocycles. The molecule has 0 amide bonds. The lowest BCUT2D eigenvalue weighted by Crippen LogP contribution is -2.53. The Balaban J connectivity index is 1.45.